The predicted octanol–water partition coefficient (Wildman–Crippen LogP) is 3.37. The van der Waals surface area contributed by atoms with Gasteiger partial charge in [0.25, 0.3) is 6.43 Å². The summed E-state index contributed by atoms with van der Waals surface area (Å²) in [7, 11) is 1.35. The number of halogens is 3. The van der Waals surface area contributed by atoms with Gasteiger partial charge < -0.3 is 10.1 Å². The quantitative estimate of drug-likeness (QED) is 0.898. The van der Waals surface area contributed by atoms with Gasteiger partial charge in [0, 0.05) is 16.7 Å². The largest absolute Gasteiger partial charge is 0.493 e. The van der Waals surface area contributed by atoms with Crippen LogP contribution in [0, 0.1) is 5.82 Å². The van der Waals surface area contributed by atoms with Gasteiger partial charge >= 0.3 is 0 Å². The highest BCUT2D eigenvalue weighted by Gasteiger charge is 2.34. The Hall–Kier alpha value is -1.23. The van der Waals surface area contributed by atoms with E-state index in [2.05, 4.69) is 5.32 Å². The Kier molecular flexibility index (Phi) is 3.52. The molecule has 1 unspecified atom stereocenters. The van der Waals surface area contributed by atoms with Gasteiger partial charge in [0.1, 0.15) is 0 Å². The standard InChI is InChI=1S/C13H16F3NO/c1-13(4-3-5-17-13)9-6-8(12(15)16)7-10(14)11(9)18-2/h6-7,12,17H,3-5H2,1-2H3. The van der Waals surface area contributed by atoms with Crippen LogP contribution in [0.2, 0.25) is 0 Å². The second-order valence-electron chi connectivity index (χ2n) is 4.75. The van der Waals surface area contributed by atoms with E-state index in [1.807, 2.05) is 6.92 Å². The van der Waals surface area contributed by atoms with Crippen molar-refractivity contribution < 1.29 is 17.9 Å². The van der Waals surface area contributed by atoms with Crippen molar-refractivity contribution in [2.24, 2.45) is 0 Å². The normalized spacial score (nSPS) is 23.7. The first-order chi connectivity index (χ1) is 8.48. The maximum Gasteiger partial charge on any atom is 0.263 e. The lowest BCUT2D eigenvalue weighted by Crippen LogP contribution is -2.34. The summed E-state index contributed by atoms with van der Waals surface area (Å²) >= 11 is 0. The topological polar surface area (TPSA) is 21.3 Å². The molecule has 18 heavy (non-hydrogen) atoms. The van der Waals surface area contributed by atoms with Crippen LogP contribution >= 0.6 is 0 Å². The second-order valence-corrected chi connectivity index (χ2v) is 4.75. The second kappa shape index (κ2) is 4.80. The maximum atomic E-state index is 13.8. The molecule has 1 N–H and O–H groups in total. The SMILES string of the molecule is COc1c(F)cc(C(F)F)cc1C1(C)CCCN1. The molecule has 5 heteroatoms. The number of benzene rings is 1. The lowest BCUT2D eigenvalue weighted by molar-refractivity contribution is 0.150. The molecule has 0 bridgehead atoms. The van der Waals surface area contributed by atoms with Gasteiger partial charge in [-0.15, -0.1) is 0 Å². The Labute approximate surface area is 104 Å². The van der Waals surface area contributed by atoms with E-state index >= 15 is 0 Å². The average molecular weight is 259 g/mol. The van der Waals surface area contributed by atoms with Gasteiger partial charge in [0.15, 0.2) is 11.6 Å². The molecule has 0 aliphatic carbocycles. The molecule has 0 spiro atoms. The van der Waals surface area contributed by atoms with Crippen molar-refractivity contribution >= 4 is 0 Å². The molecule has 2 rings (SSSR count). The zero-order valence-corrected chi connectivity index (χ0v) is 10.4. The van der Waals surface area contributed by atoms with E-state index < -0.39 is 17.8 Å². The molecule has 1 heterocycles. The Balaban J connectivity index is 2.55. The first-order valence-corrected chi connectivity index (χ1v) is 5.89. The van der Waals surface area contributed by atoms with E-state index in [9.17, 15) is 13.2 Å². The van der Waals surface area contributed by atoms with Crippen molar-refractivity contribution in [3.63, 3.8) is 0 Å². The molecule has 0 radical (unpaired) electrons. The molecule has 0 amide bonds. The monoisotopic (exact) mass is 259 g/mol. The van der Waals surface area contributed by atoms with Gasteiger partial charge in [-0.2, -0.15) is 0 Å². The van der Waals surface area contributed by atoms with Gasteiger partial charge in [-0.25, -0.2) is 13.2 Å². The fraction of sp³-hybridized carbons (Fsp3) is 0.538. The number of alkyl halides is 2. The molecule has 1 aliphatic rings. The van der Waals surface area contributed by atoms with Gasteiger partial charge in [0.2, 0.25) is 0 Å². The minimum absolute atomic E-state index is 0.0521. The van der Waals surface area contributed by atoms with Gasteiger partial charge in [0.05, 0.1) is 7.11 Å². The smallest absolute Gasteiger partial charge is 0.263 e. The van der Waals surface area contributed by atoms with Gasteiger partial charge in [-0.3, -0.25) is 0 Å². The van der Waals surface area contributed by atoms with Crippen LogP contribution in [0.3, 0.4) is 0 Å². The molecule has 1 aromatic carbocycles. The average Bonchev–Trinajstić information content (AvgIpc) is 2.76. The van der Waals surface area contributed by atoms with Crippen molar-refractivity contribution in [2.75, 3.05) is 13.7 Å². The third-order valence-corrected chi connectivity index (χ3v) is 3.49. The number of hydrogen-bond acceptors (Lipinski definition) is 2. The van der Waals surface area contributed by atoms with Crippen LogP contribution in [0.4, 0.5) is 13.2 Å². The zero-order valence-electron chi connectivity index (χ0n) is 10.4. The van der Waals surface area contributed by atoms with Crippen molar-refractivity contribution in [1.82, 2.24) is 5.32 Å². The number of ether oxygens (including phenoxy) is 1. The molecule has 1 atom stereocenters. The highest BCUT2D eigenvalue weighted by atomic mass is 19.3. The summed E-state index contributed by atoms with van der Waals surface area (Å²) in [4.78, 5) is 0. The summed E-state index contributed by atoms with van der Waals surface area (Å²) in [6, 6.07) is 2.18. The van der Waals surface area contributed by atoms with Crippen molar-refractivity contribution in [3.8, 4) is 5.75 Å². The first-order valence-electron chi connectivity index (χ1n) is 5.89. The lowest BCUT2D eigenvalue weighted by atomic mass is 9.88. The number of rotatable bonds is 3. The molecule has 1 saturated heterocycles. The van der Waals surface area contributed by atoms with E-state index in [4.69, 9.17) is 4.74 Å². The molecule has 0 saturated carbocycles. The van der Waals surface area contributed by atoms with Gasteiger partial charge in [-0.1, -0.05) is 0 Å². The molecule has 1 fully saturated rings. The molecule has 100 valence electrons. The summed E-state index contributed by atoms with van der Waals surface area (Å²) in [5.41, 5.74) is -0.340. The predicted molar refractivity (Wildman–Crippen MR) is 62.5 cm³/mol. The number of methoxy groups -OCH3 is 1. The van der Waals surface area contributed by atoms with Crippen LogP contribution in [0.1, 0.15) is 37.3 Å². The van der Waals surface area contributed by atoms with E-state index in [0.29, 0.717) is 5.56 Å². The molecule has 1 aromatic rings. The summed E-state index contributed by atoms with van der Waals surface area (Å²) in [6.45, 7) is 2.67. The van der Waals surface area contributed by atoms with E-state index in [-0.39, 0.29) is 11.3 Å². The lowest BCUT2D eigenvalue weighted by Gasteiger charge is -2.27. The van der Waals surface area contributed by atoms with Crippen molar-refractivity contribution in [1.29, 1.82) is 0 Å². The third-order valence-electron chi connectivity index (χ3n) is 3.49. The molecular formula is C13H16F3NO. The fourth-order valence-corrected chi connectivity index (χ4v) is 2.48. The molecule has 0 aromatic heterocycles. The Morgan fingerprint density at radius 2 is 2.11 bits per heavy atom. The van der Waals surface area contributed by atoms with Crippen LogP contribution in [-0.2, 0) is 5.54 Å². The van der Waals surface area contributed by atoms with Crippen LogP contribution in [0.5, 0.6) is 5.75 Å². The number of nitrogens with one attached hydrogen (secondary N) is 1. The molecule has 1 aliphatic heterocycles. The third kappa shape index (κ3) is 2.19. The summed E-state index contributed by atoms with van der Waals surface area (Å²) in [5.74, 6) is -0.684. The van der Waals surface area contributed by atoms with E-state index in [1.54, 1.807) is 0 Å². The van der Waals surface area contributed by atoms with Crippen LogP contribution in [0.15, 0.2) is 12.1 Å². The minimum atomic E-state index is -2.69. The first kappa shape index (κ1) is 13.2. The van der Waals surface area contributed by atoms with Crippen LogP contribution in [-0.4, -0.2) is 13.7 Å². The highest BCUT2D eigenvalue weighted by molar-refractivity contribution is 5.44. The van der Waals surface area contributed by atoms with Crippen LogP contribution < -0.4 is 10.1 Å². The Morgan fingerprint density at radius 3 is 2.61 bits per heavy atom. The maximum absolute atomic E-state index is 13.8. The van der Waals surface area contributed by atoms with E-state index in [1.165, 1.54) is 13.2 Å². The zero-order chi connectivity index (χ0) is 13.3. The van der Waals surface area contributed by atoms with Crippen molar-refractivity contribution in [3.05, 3.63) is 29.1 Å². The summed E-state index contributed by atoms with van der Waals surface area (Å²) < 4.78 is 44.3. The minimum Gasteiger partial charge on any atom is -0.493 e. The molecular weight excluding hydrogens is 243 g/mol. The van der Waals surface area contributed by atoms with Gasteiger partial charge in [-0.05, 0) is 38.4 Å². The fourth-order valence-electron chi connectivity index (χ4n) is 2.48. The van der Waals surface area contributed by atoms with Crippen LogP contribution in [0.25, 0.3) is 0 Å². The summed E-state index contributed by atoms with van der Waals surface area (Å²) in [5, 5.41) is 3.23. The highest BCUT2D eigenvalue weighted by Crippen LogP contribution is 2.39. The van der Waals surface area contributed by atoms with E-state index in [0.717, 1.165) is 25.5 Å². The Morgan fingerprint density at radius 1 is 1.39 bits per heavy atom. The number of hydrogen-bond donors (Lipinski definition) is 1. The Bertz CT molecular complexity index is 442. The summed E-state index contributed by atoms with van der Waals surface area (Å²) in [6.07, 6.45) is -0.982. The van der Waals surface area contributed by atoms with Crippen molar-refractivity contribution in [2.45, 2.75) is 31.7 Å². The molecule has 2 nitrogen and oxygen atoms in total.